The van der Waals surface area contributed by atoms with Crippen molar-refractivity contribution in [3.63, 3.8) is 0 Å². The van der Waals surface area contributed by atoms with E-state index >= 15 is 0 Å². The van der Waals surface area contributed by atoms with Gasteiger partial charge in [-0.3, -0.25) is 0 Å². The summed E-state index contributed by atoms with van der Waals surface area (Å²) in [4.78, 5) is 1.39. The molecule has 4 aromatic rings. The van der Waals surface area contributed by atoms with E-state index in [0.29, 0.717) is 5.92 Å². The summed E-state index contributed by atoms with van der Waals surface area (Å²) in [7, 11) is 0. The number of hydrogen-bond acceptors (Lipinski definition) is 1. The third kappa shape index (κ3) is 6.60. The molecule has 2 aliphatic carbocycles. The van der Waals surface area contributed by atoms with Gasteiger partial charge in [0.15, 0.2) is 0 Å². The van der Waals surface area contributed by atoms with Gasteiger partial charge >= 0.3 is 261 Å². The van der Waals surface area contributed by atoms with Crippen LogP contribution in [0.2, 0.25) is 0 Å². The first kappa shape index (κ1) is 34.1. The Labute approximate surface area is 283 Å². The van der Waals surface area contributed by atoms with Crippen molar-refractivity contribution in [3.05, 3.63) is 126 Å². The molecule has 224 valence electrons. The molecule has 0 nitrogen and oxygen atoms in total. The summed E-state index contributed by atoms with van der Waals surface area (Å²) in [6, 6.07) is 28.2. The van der Waals surface area contributed by atoms with E-state index in [4.69, 9.17) is 0 Å². The van der Waals surface area contributed by atoms with Crippen molar-refractivity contribution in [1.29, 1.82) is 0 Å². The fourth-order valence-electron chi connectivity index (χ4n) is 6.41. The van der Waals surface area contributed by atoms with Crippen LogP contribution in [-0.2, 0) is 38.5 Å². The van der Waals surface area contributed by atoms with Crippen LogP contribution in [0.5, 0.6) is 0 Å². The molecule has 0 N–H and O–H groups in total. The van der Waals surface area contributed by atoms with E-state index in [1.165, 1.54) is 43.8 Å². The molecular formula is C39H44Cl2SZr. The van der Waals surface area contributed by atoms with E-state index in [0.717, 1.165) is 6.42 Å². The summed E-state index contributed by atoms with van der Waals surface area (Å²) in [5, 5.41) is 2.20. The minimum atomic E-state index is -2.58. The Morgan fingerprint density at radius 2 is 1.47 bits per heavy atom. The van der Waals surface area contributed by atoms with Crippen molar-refractivity contribution in [1.82, 2.24) is 0 Å². The van der Waals surface area contributed by atoms with Gasteiger partial charge in [-0.2, -0.15) is 0 Å². The molecule has 1 atom stereocenters. The van der Waals surface area contributed by atoms with E-state index < -0.39 is 21.3 Å². The second-order valence-electron chi connectivity index (χ2n) is 14.0. The Balaban J connectivity index is 0.00000212. The van der Waals surface area contributed by atoms with Gasteiger partial charge < -0.3 is 0 Å². The van der Waals surface area contributed by atoms with Gasteiger partial charge in [0.05, 0.1) is 0 Å². The van der Waals surface area contributed by atoms with Crippen molar-refractivity contribution in [2.45, 2.75) is 72.6 Å². The van der Waals surface area contributed by atoms with Crippen molar-refractivity contribution in [3.8, 4) is 11.1 Å². The van der Waals surface area contributed by atoms with Crippen LogP contribution >= 0.6 is 36.2 Å². The van der Waals surface area contributed by atoms with Crippen LogP contribution in [0.3, 0.4) is 0 Å². The van der Waals surface area contributed by atoms with Gasteiger partial charge in [-0.15, -0.1) is 24.8 Å². The first-order valence-corrected chi connectivity index (χ1v) is 19.5. The minimum absolute atomic E-state index is 0. The Morgan fingerprint density at radius 3 is 2.09 bits per heavy atom. The molecule has 0 saturated heterocycles. The number of allylic oxidation sites excluding steroid dienone is 4. The molecule has 4 heteroatoms. The maximum atomic E-state index is 2.65. The fourth-order valence-corrected chi connectivity index (χ4v) is 15.2. The zero-order valence-electron chi connectivity index (χ0n) is 26.7. The maximum Gasteiger partial charge on any atom is -0.147 e. The number of fused-ring (bicyclic) bond motifs is 3. The Bertz CT molecular complexity index is 1730. The Hall–Kier alpha value is -1.83. The normalized spacial score (nSPS) is 16.3. The third-order valence-electron chi connectivity index (χ3n) is 8.93. The van der Waals surface area contributed by atoms with Gasteiger partial charge in [-0.25, -0.2) is 0 Å². The molecule has 6 rings (SSSR count). The second-order valence-corrected chi connectivity index (χ2v) is 21.3. The summed E-state index contributed by atoms with van der Waals surface area (Å²) in [5.41, 5.74) is 12.0. The van der Waals surface area contributed by atoms with E-state index in [2.05, 4.69) is 146 Å². The summed E-state index contributed by atoms with van der Waals surface area (Å²) in [5.74, 6) is 0.463. The molecule has 0 bridgehead atoms. The zero-order valence-corrected chi connectivity index (χ0v) is 31.6. The molecule has 1 aromatic heterocycles. The summed E-state index contributed by atoms with van der Waals surface area (Å²) >= 11 is -0.719. The van der Waals surface area contributed by atoms with Crippen LogP contribution in [0.1, 0.15) is 88.1 Å². The summed E-state index contributed by atoms with van der Waals surface area (Å²) in [6.07, 6.45) is 6.17. The van der Waals surface area contributed by atoms with Crippen LogP contribution in [0, 0.1) is 5.92 Å². The number of halogens is 2. The van der Waals surface area contributed by atoms with Gasteiger partial charge in [0.1, 0.15) is 0 Å². The van der Waals surface area contributed by atoms with Gasteiger partial charge in [-0.1, -0.05) is 0 Å². The molecular weight excluding hydrogens is 663 g/mol. The van der Waals surface area contributed by atoms with E-state index in [-0.39, 0.29) is 35.6 Å². The first-order chi connectivity index (χ1) is 19.4. The van der Waals surface area contributed by atoms with Crippen LogP contribution in [0.15, 0.2) is 93.6 Å². The predicted octanol–water partition coefficient (Wildman–Crippen LogP) is 10.9. The van der Waals surface area contributed by atoms with Gasteiger partial charge in [0.2, 0.25) is 0 Å². The SMILES string of the molecule is C/[C](c1ccccc1)=[Zr](\[C]1=CC(c2cccs2)=CC1C)[c]1cc(C(C)(C)C)cc2c1Cc1ccc(C(C)(C)C)cc1-2.Cl.Cl. The van der Waals surface area contributed by atoms with Gasteiger partial charge in [0, 0.05) is 0 Å². The Morgan fingerprint density at radius 1 is 0.791 bits per heavy atom. The average molecular weight is 707 g/mol. The quantitative estimate of drug-likeness (QED) is 0.175. The third-order valence-corrected chi connectivity index (χ3v) is 17.7. The topological polar surface area (TPSA) is 0 Å². The molecule has 0 fully saturated rings. The van der Waals surface area contributed by atoms with Crippen molar-refractivity contribution >= 4 is 48.2 Å². The van der Waals surface area contributed by atoms with Gasteiger partial charge in [0.25, 0.3) is 0 Å². The number of hydrogen-bond donors (Lipinski definition) is 0. The molecule has 0 radical (unpaired) electrons. The standard InChI is InChI=1S/C21H25.C10H9S.C8H8.2ClH.Zr/c1-20(2,3)16-9-7-14-11-15-8-10-17(21(4,5)6)13-19(15)18(14)12-16;1-8-4-5-9(7-8)10-3-2-6-11-10;1-2-8-6-4-3-5-7-8;;;/h7,9-10,12-13H,11H2,1-6H3;2-3,5-8H,1H3;3-7H,1H3;2*1H;. The fraction of sp³-hybridized carbons (Fsp3) is 0.308. The smallest absolute Gasteiger partial charge is 0.147 e. The van der Waals surface area contributed by atoms with Crippen molar-refractivity contribution in [2.75, 3.05) is 0 Å². The van der Waals surface area contributed by atoms with Crippen molar-refractivity contribution in [2.24, 2.45) is 5.92 Å². The van der Waals surface area contributed by atoms with Crippen LogP contribution < -0.4 is 3.27 Å². The molecule has 2 aliphatic rings. The van der Waals surface area contributed by atoms with Gasteiger partial charge in [-0.05, 0) is 0 Å². The Kier molecular flexibility index (Phi) is 10.2. The van der Waals surface area contributed by atoms with E-state index in [1.807, 2.05) is 11.3 Å². The first-order valence-electron chi connectivity index (χ1n) is 15.0. The molecule has 0 saturated carbocycles. The van der Waals surface area contributed by atoms with Crippen LogP contribution in [0.25, 0.3) is 16.7 Å². The van der Waals surface area contributed by atoms with Crippen LogP contribution in [0.4, 0.5) is 0 Å². The number of rotatable bonds is 4. The molecule has 1 heterocycles. The maximum absolute atomic E-state index is 2.65. The number of benzene rings is 3. The largest absolute Gasteiger partial charge is 0.147 e. The monoisotopic (exact) mass is 704 g/mol. The second kappa shape index (κ2) is 12.9. The van der Waals surface area contributed by atoms with E-state index in [9.17, 15) is 0 Å². The summed E-state index contributed by atoms with van der Waals surface area (Å²) in [6.45, 7) is 19.0. The molecule has 1 unspecified atom stereocenters. The van der Waals surface area contributed by atoms with E-state index in [1.54, 1.807) is 15.3 Å². The van der Waals surface area contributed by atoms with Crippen LogP contribution in [-0.4, -0.2) is 3.21 Å². The number of thiophene rings is 1. The minimum Gasteiger partial charge on any atom is -0.147 e. The van der Waals surface area contributed by atoms with Crippen molar-refractivity contribution < 1.29 is 21.3 Å². The molecule has 0 spiro atoms. The molecule has 0 amide bonds. The zero-order chi connectivity index (χ0) is 29.1. The predicted molar refractivity (Wildman–Crippen MR) is 192 cm³/mol. The summed E-state index contributed by atoms with van der Waals surface area (Å²) < 4.78 is 5.02. The average Bonchev–Trinajstić information content (AvgIpc) is 3.67. The molecule has 3 aromatic carbocycles. The molecule has 43 heavy (non-hydrogen) atoms. The molecule has 0 aliphatic heterocycles.